The fraction of sp³-hybridized carbons (Fsp3) is 0.909. The maximum Gasteiger partial charge on any atom is 0.0609 e. The van der Waals surface area contributed by atoms with Crippen molar-refractivity contribution < 1.29 is 0 Å². The summed E-state index contributed by atoms with van der Waals surface area (Å²) in [5, 5.41) is 6.73. The summed E-state index contributed by atoms with van der Waals surface area (Å²) in [6.45, 7) is 5.07. The molecule has 2 aliphatic heterocycles. The molecule has 0 spiro atoms. The van der Waals surface area contributed by atoms with Crippen molar-refractivity contribution in [3.8, 4) is 0 Å². The summed E-state index contributed by atoms with van der Waals surface area (Å²) in [7, 11) is 0. The molecule has 1 unspecified atom stereocenters. The van der Waals surface area contributed by atoms with E-state index in [2.05, 4.69) is 21.2 Å². The lowest BCUT2D eigenvalue weighted by Crippen LogP contribution is -2.33. The minimum absolute atomic E-state index is 0.715. The maximum absolute atomic E-state index is 4.43. The molecule has 0 aromatic carbocycles. The Labute approximate surface area is 85.8 Å². The highest BCUT2D eigenvalue weighted by atomic mass is 15.5. The van der Waals surface area contributed by atoms with E-state index in [9.17, 15) is 0 Å². The SMILES string of the molecule is C1=NN(C2CCN(CC3CC3)C2)CC1. The van der Waals surface area contributed by atoms with Crippen molar-refractivity contribution in [2.75, 3.05) is 26.2 Å². The van der Waals surface area contributed by atoms with Gasteiger partial charge in [0.25, 0.3) is 0 Å². The molecule has 0 aromatic heterocycles. The molecule has 1 atom stereocenters. The predicted octanol–water partition coefficient (Wildman–Crippen LogP) is 1.16. The van der Waals surface area contributed by atoms with E-state index in [0.717, 1.165) is 18.9 Å². The lowest BCUT2D eigenvalue weighted by Gasteiger charge is -2.22. The van der Waals surface area contributed by atoms with Gasteiger partial charge in [0.2, 0.25) is 0 Å². The number of hydrogen-bond acceptors (Lipinski definition) is 3. The first-order chi connectivity index (χ1) is 6.92. The van der Waals surface area contributed by atoms with Crippen LogP contribution in [0.25, 0.3) is 0 Å². The van der Waals surface area contributed by atoms with Gasteiger partial charge >= 0.3 is 0 Å². The lowest BCUT2D eigenvalue weighted by atomic mass is 10.2. The van der Waals surface area contributed by atoms with Gasteiger partial charge in [-0.3, -0.25) is 5.01 Å². The second-order valence-electron chi connectivity index (χ2n) is 4.90. The zero-order chi connectivity index (χ0) is 9.38. The first-order valence-corrected chi connectivity index (χ1v) is 5.93. The van der Waals surface area contributed by atoms with Crippen molar-refractivity contribution in [1.82, 2.24) is 9.91 Å². The molecule has 3 aliphatic rings. The van der Waals surface area contributed by atoms with Gasteiger partial charge in [-0.1, -0.05) is 0 Å². The van der Waals surface area contributed by atoms with Crippen LogP contribution in [0, 0.1) is 5.92 Å². The molecule has 0 bridgehead atoms. The number of hydrogen-bond donors (Lipinski definition) is 0. The van der Waals surface area contributed by atoms with E-state index < -0.39 is 0 Å². The fourth-order valence-corrected chi connectivity index (χ4v) is 2.57. The van der Waals surface area contributed by atoms with Crippen molar-refractivity contribution in [2.24, 2.45) is 11.0 Å². The normalized spacial score (nSPS) is 33.1. The Bertz CT molecular complexity index is 235. The van der Waals surface area contributed by atoms with Gasteiger partial charge in [0.15, 0.2) is 0 Å². The van der Waals surface area contributed by atoms with Crippen LogP contribution in [0.2, 0.25) is 0 Å². The largest absolute Gasteiger partial charge is 0.301 e. The average molecular weight is 193 g/mol. The third kappa shape index (κ3) is 1.78. The first-order valence-electron chi connectivity index (χ1n) is 5.93. The van der Waals surface area contributed by atoms with Crippen LogP contribution in [0.4, 0.5) is 0 Å². The summed E-state index contributed by atoms with van der Waals surface area (Å²) >= 11 is 0. The summed E-state index contributed by atoms with van der Waals surface area (Å²) in [4.78, 5) is 2.64. The molecule has 1 saturated carbocycles. The molecule has 78 valence electrons. The van der Waals surface area contributed by atoms with E-state index in [0.29, 0.717) is 6.04 Å². The maximum atomic E-state index is 4.43. The van der Waals surface area contributed by atoms with Gasteiger partial charge in [-0.15, -0.1) is 0 Å². The van der Waals surface area contributed by atoms with Gasteiger partial charge in [-0.05, 0) is 25.2 Å². The minimum atomic E-state index is 0.715. The van der Waals surface area contributed by atoms with E-state index in [4.69, 9.17) is 0 Å². The van der Waals surface area contributed by atoms with Crippen LogP contribution in [-0.2, 0) is 0 Å². The zero-order valence-corrected chi connectivity index (χ0v) is 8.73. The number of rotatable bonds is 3. The van der Waals surface area contributed by atoms with E-state index in [-0.39, 0.29) is 0 Å². The molecule has 2 heterocycles. The van der Waals surface area contributed by atoms with Crippen molar-refractivity contribution in [2.45, 2.75) is 31.7 Å². The van der Waals surface area contributed by atoms with E-state index in [1.807, 2.05) is 0 Å². The quantitative estimate of drug-likeness (QED) is 0.670. The van der Waals surface area contributed by atoms with Crippen LogP contribution < -0.4 is 0 Å². The van der Waals surface area contributed by atoms with Gasteiger partial charge in [0, 0.05) is 38.8 Å². The molecule has 0 N–H and O–H groups in total. The standard InChI is InChI=1S/C11H19N3/c1-5-12-14(6-1)11-4-7-13(9-11)8-10-2-3-10/h5,10-11H,1-4,6-9H2. The van der Waals surface area contributed by atoms with Gasteiger partial charge in [-0.25, -0.2) is 0 Å². The van der Waals surface area contributed by atoms with E-state index in [1.165, 1.54) is 38.9 Å². The monoisotopic (exact) mass is 193 g/mol. The third-order valence-electron chi connectivity index (χ3n) is 3.60. The van der Waals surface area contributed by atoms with Gasteiger partial charge in [-0.2, -0.15) is 5.10 Å². The molecule has 0 aromatic rings. The molecule has 3 heteroatoms. The molecule has 1 saturated heterocycles. The number of hydrazone groups is 1. The summed E-state index contributed by atoms with van der Waals surface area (Å²) < 4.78 is 0. The van der Waals surface area contributed by atoms with Crippen LogP contribution in [0.1, 0.15) is 25.7 Å². The Kier molecular flexibility index (Phi) is 2.20. The molecular weight excluding hydrogens is 174 g/mol. The molecule has 0 radical (unpaired) electrons. The van der Waals surface area contributed by atoms with Crippen LogP contribution in [-0.4, -0.2) is 48.3 Å². The van der Waals surface area contributed by atoms with Crippen LogP contribution >= 0.6 is 0 Å². The van der Waals surface area contributed by atoms with Gasteiger partial charge < -0.3 is 4.90 Å². The number of likely N-dealkylation sites (tertiary alicyclic amines) is 1. The van der Waals surface area contributed by atoms with E-state index in [1.54, 1.807) is 0 Å². The van der Waals surface area contributed by atoms with Crippen LogP contribution in [0.3, 0.4) is 0 Å². The Morgan fingerprint density at radius 3 is 2.86 bits per heavy atom. The Morgan fingerprint density at radius 1 is 1.21 bits per heavy atom. The zero-order valence-electron chi connectivity index (χ0n) is 8.73. The smallest absolute Gasteiger partial charge is 0.0609 e. The van der Waals surface area contributed by atoms with Crippen molar-refractivity contribution in [3.05, 3.63) is 0 Å². The van der Waals surface area contributed by atoms with Crippen LogP contribution in [0.5, 0.6) is 0 Å². The summed E-state index contributed by atoms with van der Waals surface area (Å²) in [5.41, 5.74) is 0. The average Bonchev–Trinajstić information content (AvgIpc) is 2.71. The molecule has 3 nitrogen and oxygen atoms in total. The fourth-order valence-electron chi connectivity index (χ4n) is 2.57. The highest BCUT2D eigenvalue weighted by Crippen LogP contribution is 2.31. The van der Waals surface area contributed by atoms with Crippen molar-refractivity contribution in [3.63, 3.8) is 0 Å². The molecule has 3 rings (SSSR count). The Balaban J connectivity index is 1.50. The predicted molar refractivity (Wildman–Crippen MR) is 57.4 cm³/mol. The molecule has 0 amide bonds. The highest BCUT2D eigenvalue weighted by molar-refractivity contribution is 5.58. The van der Waals surface area contributed by atoms with Crippen molar-refractivity contribution >= 4 is 6.21 Å². The highest BCUT2D eigenvalue weighted by Gasteiger charge is 2.31. The summed E-state index contributed by atoms with van der Waals surface area (Å²) in [6.07, 6.45) is 7.48. The van der Waals surface area contributed by atoms with Gasteiger partial charge in [0.05, 0.1) is 6.04 Å². The molecule has 2 fully saturated rings. The number of nitrogens with zero attached hydrogens (tertiary/aromatic N) is 3. The first kappa shape index (κ1) is 8.72. The lowest BCUT2D eigenvalue weighted by molar-refractivity contribution is 0.216. The summed E-state index contributed by atoms with van der Waals surface area (Å²) in [6, 6.07) is 0.715. The van der Waals surface area contributed by atoms with Crippen LogP contribution in [0.15, 0.2) is 5.10 Å². The molecule has 1 aliphatic carbocycles. The topological polar surface area (TPSA) is 18.8 Å². The summed E-state index contributed by atoms with van der Waals surface area (Å²) in [5.74, 6) is 1.04. The second-order valence-corrected chi connectivity index (χ2v) is 4.90. The van der Waals surface area contributed by atoms with Crippen molar-refractivity contribution in [1.29, 1.82) is 0 Å². The molecule has 14 heavy (non-hydrogen) atoms. The Morgan fingerprint density at radius 2 is 2.14 bits per heavy atom. The van der Waals surface area contributed by atoms with E-state index >= 15 is 0 Å². The Hall–Kier alpha value is -0.570. The molecular formula is C11H19N3. The third-order valence-corrected chi connectivity index (χ3v) is 3.60. The van der Waals surface area contributed by atoms with Gasteiger partial charge in [0.1, 0.15) is 0 Å². The minimum Gasteiger partial charge on any atom is -0.301 e. The second kappa shape index (κ2) is 3.54.